The van der Waals surface area contributed by atoms with Gasteiger partial charge in [-0.3, -0.25) is 9.36 Å². The van der Waals surface area contributed by atoms with Gasteiger partial charge < -0.3 is 9.80 Å². The molecule has 3 rings (SSSR count). The second kappa shape index (κ2) is 13.7. The summed E-state index contributed by atoms with van der Waals surface area (Å²) in [6, 6.07) is 0. The van der Waals surface area contributed by atoms with Gasteiger partial charge in [0.15, 0.2) is 0 Å². The third-order valence-corrected chi connectivity index (χ3v) is 7.30. The van der Waals surface area contributed by atoms with Crippen molar-refractivity contribution in [2.45, 2.75) is 117 Å². The SMILES string of the molecule is CC(C)(C)c1cn(CCCCCCN2CCN(CCCCCCn3cc(C(C)(C)C)nn3)CC2)nn1. The molecule has 204 valence electrons. The van der Waals surface area contributed by atoms with Crippen molar-refractivity contribution in [3.05, 3.63) is 23.8 Å². The highest BCUT2D eigenvalue weighted by Crippen LogP contribution is 2.20. The van der Waals surface area contributed by atoms with Crippen molar-refractivity contribution in [3.63, 3.8) is 0 Å². The molecule has 0 aliphatic carbocycles. The number of hydrogen-bond donors (Lipinski definition) is 0. The molecule has 0 aromatic carbocycles. The van der Waals surface area contributed by atoms with Crippen LogP contribution in [0.1, 0.15) is 104 Å². The minimum absolute atomic E-state index is 0.0817. The summed E-state index contributed by atoms with van der Waals surface area (Å²) in [5, 5.41) is 17.2. The van der Waals surface area contributed by atoms with E-state index in [1.807, 2.05) is 9.36 Å². The van der Waals surface area contributed by atoms with E-state index in [1.54, 1.807) is 0 Å². The molecule has 1 fully saturated rings. The number of unbranched alkanes of at least 4 members (excludes halogenated alkanes) is 6. The smallest absolute Gasteiger partial charge is 0.0880 e. The number of piperazine rings is 1. The molecule has 3 heterocycles. The van der Waals surface area contributed by atoms with Gasteiger partial charge in [0.2, 0.25) is 0 Å². The van der Waals surface area contributed by atoms with Gasteiger partial charge in [0.05, 0.1) is 11.4 Å². The Morgan fingerprint density at radius 3 is 1.17 bits per heavy atom. The van der Waals surface area contributed by atoms with Crippen molar-refractivity contribution in [1.82, 2.24) is 39.8 Å². The number of aryl methyl sites for hydroxylation is 2. The second-order valence-corrected chi connectivity index (χ2v) is 12.7. The van der Waals surface area contributed by atoms with Crippen LogP contribution in [0.25, 0.3) is 0 Å². The predicted octanol–water partition coefficient (Wildman–Crippen LogP) is 4.90. The van der Waals surface area contributed by atoms with Crippen LogP contribution in [0, 0.1) is 0 Å². The van der Waals surface area contributed by atoms with Crippen LogP contribution in [0.15, 0.2) is 12.4 Å². The molecule has 8 nitrogen and oxygen atoms in total. The van der Waals surface area contributed by atoms with E-state index in [2.05, 4.69) is 84.4 Å². The zero-order chi connectivity index (χ0) is 26.0. The predicted molar refractivity (Wildman–Crippen MR) is 147 cm³/mol. The first-order valence-corrected chi connectivity index (χ1v) is 14.4. The van der Waals surface area contributed by atoms with E-state index in [0.717, 1.165) is 24.5 Å². The molecule has 1 aliphatic rings. The quantitative estimate of drug-likeness (QED) is 0.344. The fourth-order valence-corrected chi connectivity index (χ4v) is 4.66. The molecule has 2 aromatic rings. The van der Waals surface area contributed by atoms with Gasteiger partial charge in [0.25, 0.3) is 0 Å². The van der Waals surface area contributed by atoms with Crippen LogP contribution in [-0.2, 0) is 23.9 Å². The number of nitrogens with zero attached hydrogens (tertiary/aromatic N) is 8. The van der Waals surface area contributed by atoms with Gasteiger partial charge in [-0.15, -0.1) is 10.2 Å². The maximum absolute atomic E-state index is 4.32. The summed E-state index contributed by atoms with van der Waals surface area (Å²) in [7, 11) is 0. The molecule has 0 atom stereocenters. The average molecular weight is 501 g/mol. The Labute approximate surface area is 219 Å². The summed E-state index contributed by atoms with van der Waals surface area (Å²) in [5.41, 5.74) is 2.33. The van der Waals surface area contributed by atoms with Crippen LogP contribution >= 0.6 is 0 Å². The fourth-order valence-electron chi connectivity index (χ4n) is 4.66. The Morgan fingerprint density at radius 1 is 0.528 bits per heavy atom. The van der Waals surface area contributed by atoms with Crippen LogP contribution in [0.5, 0.6) is 0 Å². The monoisotopic (exact) mass is 500 g/mol. The fraction of sp³-hybridized carbons (Fsp3) is 0.857. The van der Waals surface area contributed by atoms with Crippen LogP contribution < -0.4 is 0 Å². The van der Waals surface area contributed by atoms with Gasteiger partial charge in [-0.2, -0.15) is 0 Å². The van der Waals surface area contributed by atoms with E-state index in [9.17, 15) is 0 Å². The van der Waals surface area contributed by atoms with Crippen molar-refractivity contribution in [2.75, 3.05) is 39.3 Å². The maximum Gasteiger partial charge on any atom is 0.0880 e. The molecule has 0 amide bonds. The first kappa shape index (κ1) is 28.8. The summed E-state index contributed by atoms with van der Waals surface area (Å²) in [6.07, 6.45) is 14.4. The van der Waals surface area contributed by atoms with Gasteiger partial charge in [0, 0.05) is 62.5 Å². The topological polar surface area (TPSA) is 67.9 Å². The molecular formula is C28H52N8. The highest BCUT2D eigenvalue weighted by Gasteiger charge is 2.19. The van der Waals surface area contributed by atoms with Crippen molar-refractivity contribution >= 4 is 0 Å². The molecule has 2 aromatic heterocycles. The molecule has 1 aliphatic heterocycles. The molecule has 0 radical (unpaired) electrons. The lowest BCUT2D eigenvalue weighted by Crippen LogP contribution is -2.46. The van der Waals surface area contributed by atoms with E-state index >= 15 is 0 Å². The molecule has 1 saturated heterocycles. The molecule has 8 heteroatoms. The van der Waals surface area contributed by atoms with Gasteiger partial charge in [-0.25, -0.2) is 0 Å². The summed E-state index contributed by atoms with van der Waals surface area (Å²) in [6.45, 7) is 22.5. The minimum Gasteiger partial charge on any atom is -0.301 e. The Morgan fingerprint density at radius 2 is 0.861 bits per heavy atom. The van der Waals surface area contributed by atoms with E-state index < -0.39 is 0 Å². The molecule has 0 N–H and O–H groups in total. The third kappa shape index (κ3) is 9.92. The molecule has 0 spiro atoms. The largest absolute Gasteiger partial charge is 0.301 e. The standard InChI is InChI=1S/C28H52N8/c1-27(2,3)25-23-35(31-29-25)17-13-9-7-11-15-33-19-21-34(22-20-33)16-12-8-10-14-18-36-24-26(30-32-36)28(4,5)6/h23-24H,7-22H2,1-6H3. The molecule has 36 heavy (non-hydrogen) atoms. The number of aromatic nitrogens is 6. The Kier molecular flexibility index (Phi) is 10.9. The van der Waals surface area contributed by atoms with E-state index in [-0.39, 0.29) is 10.8 Å². The first-order valence-electron chi connectivity index (χ1n) is 14.4. The summed E-state index contributed by atoms with van der Waals surface area (Å²) < 4.78 is 4.03. The zero-order valence-electron chi connectivity index (χ0n) is 24.0. The van der Waals surface area contributed by atoms with E-state index in [4.69, 9.17) is 0 Å². The lowest BCUT2D eigenvalue weighted by molar-refractivity contribution is 0.129. The minimum atomic E-state index is 0.0817. The Balaban J connectivity index is 1.14. The van der Waals surface area contributed by atoms with Crippen LogP contribution in [0.2, 0.25) is 0 Å². The number of hydrogen-bond acceptors (Lipinski definition) is 6. The average Bonchev–Trinajstić information content (AvgIpc) is 3.49. The highest BCUT2D eigenvalue weighted by atomic mass is 15.4. The summed E-state index contributed by atoms with van der Waals surface area (Å²) in [4.78, 5) is 5.32. The summed E-state index contributed by atoms with van der Waals surface area (Å²) in [5.74, 6) is 0. The van der Waals surface area contributed by atoms with Gasteiger partial charge in [0.1, 0.15) is 0 Å². The van der Waals surface area contributed by atoms with Crippen molar-refractivity contribution < 1.29 is 0 Å². The van der Waals surface area contributed by atoms with Gasteiger partial charge in [-0.05, 0) is 38.8 Å². The lowest BCUT2D eigenvalue weighted by Gasteiger charge is -2.34. The normalized spacial score (nSPS) is 16.2. The molecule has 0 bridgehead atoms. The van der Waals surface area contributed by atoms with Crippen molar-refractivity contribution in [1.29, 1.82) is 0 Å². The summed E-state index contributed by atoms with van der Waals surface area (Å²) >= 11 is 0. The molecule has 0 unspecified atom stereocenters. The van der Waals surface area contributed by atoms with Gasteiger partial charge in [-0.1, -0.05) is 77.7 Å². The van der Waals surface area contributed by atoms with Crippen LogP contribution in [0.4, 0.5) is 0 Å². The zero-order valence-corrected chi connectivity index (χ0v) is 24.0. The highest BCUT2D eigenvalue weighted by molar-refractivity contribution is 5.06. The maximum atomic E-state index is 4.32. The first-order chi connectivity index (χ1) is 17.1. The van der Waals surface area contributed by atoms with Crippen LogP contribution in [0.3, 0.4) is 0 Å². The Hall–Kier alpha value is -1.80. The van der Waals surface area contributed by atoms with Gasteiger partial charge >= 0.3 is 0 Å². The molecular weight excluding hydrogens is 448 g/mol. The second-order valence-electron chi connectivity index (χ2n) is 12.7. The Bertz CT molecular complexity index is 792. The van der Waals surface area contributed by atoms with E-state index in [0.29, 0.717) is 0 Å². The van der Waals surface area contributed by atoms with E-state index in [1.165, 1.54) is 90.6 Å². The third-order valence-electron chi connectivity index (χ3n) is 7.30. The van der Waals surface area contributed by atoms with Crippen molar-refractivity contribution in [3.8, 4) is 0 Å². The van der Waals surface area contributed by atoms with Crippen LogP contribution in [-0.4, -0.2) is 79.1 Å². The van der Waals surface area contributed by atoms with Crippen molar-refractivity contribution in [2.24, 2.45) is 0 Å². The number of rotatable bonds is 14. The lowest BCUT2D eigenvalue weighted by atomic mass is 9.93. The molecule has 0 saturated carbocycles.